The van der Waals surface area contributed by atoms with E-state index >= 15 is 0 Å². The molecule has 0 aromatic carbocycles. The zero-order valence-electron chi connectivity index (χ0n) is 18.5. The molecule has 1 unspecified atom stereocenters. The average Bonchev–Trinajstić information content (AvgIpc) is 3.18. The van der Waals surface area contributed by atoms with Crippen molar-refractivity contribution in [3.8, 4) is 0 Å². The van der Waals surface area contributed by atoms with E-state index in [4.69, 9.17) is 14.2 Å². The van der Waals surface area contributed by atoms with Crippen molar-refractivity contribution >= 4 is 11.9 Å². The maximum Gasteiger partial charge on any atom is 0.344 e. The molecule has 170 valence electrons. The van der Waals surface area contributed by atoms with Crippen LogP contribution in [-0.4, -0.2) is 83.1 Å². The Kier molecular flexibility index (Phi) is 7.15. The van der Waals surface area contributed by atoms with E-state index < -0.39 is 46.0 Å². The van der Waals surface area contributed by atoms with Crippen LogP contribution in [0.3, 0.4) is 0 Å². The standard InChI is InChI=1S/C21H33NO8/c1-7-13(2)18(23)30-16-9-11-22(27)10-8-15(17(16)22)12-29-19(24)21(26,14(3)28-6)20(4,5)25/h7-8,14,16-17,25-26H,9-12H2,1-6H3/b13-7+/t14-,16-,17+,21-,22?/m0/s1. The number of carbonyl (C=O) groups is 2. The number of esters is 2. The molecular formula is C21H33NO8. The average molecular weight is 427 g/mol. The number of methoxy groups -OCH3 is 1. The molecule has 2 heterocycles. The Labute approximate surface area is 177 Å². The number of aliphatic hydroxyl groups is 2. The van der Waals surface area contributed by atoms with Crippen molar-refractivity contribution in [2.24, 2.45) is 0 Å². The van der Waals surface area contributed by atoms with Gasteiger partial charge in [-0.25, -0.2) is 9.59 Å². The summed E-state index contributed by atoms with van der Waals surface area (Å²) in [5, 5.41) is 34.3. The fourth-order valence-corrected chi connectivity index (χ4v) is 4.04. The second-order valence-electron chi connectivity index (χ2n) is 8.57. The highest BCUT2D eigenvalue weighted by Crippen LogP contribution is 2.38. The second kappa shape index (κ2) is 8.76. The van der Waals surface area contributed by atoms with E-state index in [2.05, 4.69) is 0 Å². The molecule has 9 heteroatoms. The normalized spacial score (nSPS) is 29.6. The van der Waals surface area contributed by atoms with Gasteiger partial charge in [-0.1, -0.05) is 6.08 Å². The molecule has 0 radical (unpaired) electrons. The summed E-state index contributed by atoms with van der Waals surface area (Å²) >= 11 is 0. The summed E-state index contributed by atoms with van der Waals surface area (Å²) in [7, 11) is 1.31. The monoisotopic (exact) mass is 427 g/mol. The SMILES string of the molecule is C/C=C(\C)C(=O)O[C@H]1CC[N+]2([O-])CC=C(COC(=O)[C@@](O)([C@H](C)OC)C(C)(C)O)[C@H]12. The van der Waals surface area contributed by atoms with E-state index in [0.29, 0.717) is 24.1 Å². The fraction of sp³-hybridized carbons (Fsp3) is 0.714. The van der Waals surface area contributed by atoms with Crippen molar-refractivity contribution in [2.45, 2.75) is 70.5 Å². The molecule has 1 saturated heterocycles. The lowest BCUT2D eigenvalue weighted by atomic mass is 9.81. The molecule has 9 nitrogen and oxygen atoms in total. The summed E-state index contributed by atoms with van der Waals surface area (Å²) in [6.07, 6.45) is 2.08. The minimum absolute atomic E-state index is 0.193. The van der Waals surface area contributed by atoms with Crippen LogP contribution in [0.2, 0.25) is 0 Å². The first-order valence-electron chi connectivity index (χ1n) is 10.1. The highest BCUT2D eigenvalue weighted by molar-refractivity contribution is 5.87. The molecular weight excluding hydrogens is 394 g/mol. The molecule has 2 aliphatic rings. The molecule has 0 aliphatic carbocycles. The van der Waals surface area contributed by atoms with E-state index in [-0.39, 0.29) is 13.2 Å². The maximum absolute atomic E-state index is 13.1. The van der Waals surface area contributed by atoms with E-state index in [1.807, 2.05) is 0 Å². The topological polar surface area (TPSA) is 125 Å². The van der Waals surface area contributed by atoms with Gasteiger partial charge in [0.25, 0.3) is 0 Å². The third-order valence-electron chi connectivity index (χ3n) is 6.26. The van der Waals surface area contributed by atoms with Crippen molar-refractivity contribution in [1.29, 1.82) is 0 Å². The van der Waals surface area contributed by atoms with Crippen LogP contribution in [0.4, 0.5) is 0 Å². The van der Waals surface area contributed by atoms with E-state index in [0.717, 1.165) is 0 Å². The Bertz CT molecular complexity index is 740. The van der Waals surface area contributed by atoms with Gasteiger partial charge < -0.3 is 34.3 Å². The van der Waals surface area contributed by atoms with Crippen LogP contribution in [-0.2, 0) is 23.8 Å². The quantitative estimate of drug-likeness (QED) is 0.193. The number of nitrogens with zero attached hydrogens (tertiary/aromatic N) is 1. The first-order chi connectivity index (χ1) is 13.8. The van der Waals surface area contributed by atoms with Crippen molar-refractivity contribution in [3.63, 3.8) is 0 Å². The first kappa shape index (κ1) is 24.5. The predicted octanol–water partition coefficient (Wildman–Crippen LogP) is 0.971. The van der Waals surface area contributed by atoms with Crippen LogP contribution < -0.4 is 0 Å². The van der Waals surface area contributed by atoms with Gasteiger partial charge in [0.2, 0.25) is 5.60 Å². The summed E-state index contributed by atoms with van der Waals surface area (Å²) in [4.78, 5) is 24.9. The third kappa shape index (κ3) is 4.31. The van der Waals surface area contributed by atoms with Gasteiger partial charge in [-0.05, 0) is 40.7 Å². The maximum atomic E-state index is 13.1. The summed E-state index contributed by atoms with van der Waals surface area (Å²) in [5.41, 5.74) is -3.16. The van der Waals surface area contributed by atoms with Gasteiger partial charge in [0.15, 0.2) is 12.1 Å². The fourth-order valence-electron chi connectivity index (χ4n) is 4.04. The number of carbonyl (C=O) groups excluding carboxylic acids is 2. The summed E-state index contributed by atoms with van der Waals surface area (Å²) in [6, 6.07) is -0.665. The molecule has 30 heavy (non-hydrogen) atoms. The van der Waals surface area contributed by atoms with E-state index in [9.17, 15) is 25.0 Å². The lowest BCUT2D eigenvalue weighted by Crippen LogP contribution is -2.63. The number of rotatable bonds is 8. The van der Waals surface area contributed by atoms with Gasteiger partial charge in [-0.15, -0.1) is 0 Å². The zero-order chi connectivity index (χ0) is 22.9. The van der Waals surface area contributed by atoms with Crippen LogP contribution >= 0.6 is 0 Å². The molecule has 0 spiro atoms. The predicted molar refractivity (Wildman–Crippen MR) is 108 cm³/mol. The molecule has 0 bridgehead atoms. The Morgan fingerprint density at radius 2 is 2.03 bits per heavy atom. The summed E-state index contributed by atoms with van der Waals surface area (Å²) in [6.45, 7) is 7.62. The Morgan fingerprint density at radius 1 is 1.40 bits per heavy atom. The number of hydrogen-bond donors (Lipinski definition) is 2. The highest BCUT2D eigenvalue weighted by Gasteiger charge is 2.56. The molecule has 2 N–H and O–H groups in total. The number of quaternary nitrogens is 1. The molecule has 1 fully saturated rings. The molecule has 0 amide bonds. The number of hydrogen-bond acceptors (Lipinski definition) is 8. The number of ether oxygens (including phenoxy) is 3. The van der Waals surface area contributed by atoms with Crippen LogP contribution in [0.1, 0.15) is 41.0 Å². The van der Waals surface area contributed by atoms with Crippen molar-refractivity contribution in [2.75, 3.05) is 26.8 Å². The third-order valence-corrected chi connectivity index (χ3v) is 6.26. The summed E-state index contributed by atoms with van der Waals surface area (Å²) in [5.74, 6) is -1.54. The minimum Gasteiger partial charge on any atom is -0.632 e. The smallest absolute Gasteiger partial charge is 0.344 e. The van der Waals surface area contributed by atoms with Gasteiger partial charge >= 0.3 is 11.9 Å². The zero-order valence-corrected chi connectivity index (χ0v) is 18.5. The van der Waals surface area contributed by atoms with Crippen molar-refractivity contribution in [3.05, 3.63) is 28.5 Å². The van der Waals surface area contributed by atoms with Crippen molar-refractivity contribution < 1.29 is 38.7 Å². The van der Waals surface area contributed by atoms with Crippen LogP contribution in [0.25, 0.3) is 0 Å². The molecule has 0 aromatic heterocycles. The van der Waals surface area contributed by atoms with Gasteiger partial charge in [-0.3, -0.25) is 0 Å². The lowest BCUT2D eigenvalue weighted by Gasteiger charge is -2.41. The molecule has 5 atom stereocenters. The number of fused-ring (bicyclic) bond motifs is 1. The molecule has 0 aromatic rings. The van der Waals surface area contributed by atoms with Crippen molar-refractivity contribution in [1.82, 2.24) is 0 Å². The molecule has 2 rings (SSSR count). The van der Waals surface area contributed by atoms with Gasteiger partial charge in [0.05, 0.1) is 19.2 Å². The highest BCUT2D eigenvalue weighted by atomic mass is 16.6. The first-order valence-corrected chi connectivity index (χ1v) is 10.1. The summed E-state index contributed by atoms with van der Waals surface area (Å²) < 4.78 is 15.4. The van der Waals surface area contributed by atoms with Gasteiger partial charge in [0.1, 0.15) is 12.2 Å². The van der Waals surface area contributed by atoms with E-state index in [1.54, 1.807) is 26.0 Å². The Balaban J connectivity index is 2.14. The van der Waals surface area contributed by atoms with Gasteiger partial charge in [0, 0.05) is 24.7 Å². The molecule has 2 aliphatic heterocycles. The van der Waals surface area contributed by atoms with Gasteiger partial charge in [-0.2, -0.15) is 0 Å². The Morgan fingerprint density at radius 3 is 2.57 bits per heavy atom. The van der Waals surface area contributed by atoms with Crippen LogP contribution in [0.15, 0.2) is 23.3 Å². The lowest BCUT2D eigenvalue weighted by molar-refractivity contribution is -0.877. The largest absolute Gasteiger partial charge is 0.632 e. The Hall–Kier alpha value is -1.78. The van der Waals surface area contributed by atoms with Crippen LogP contribution in [0.5, 0.6) is 0 Å². The van der Waals surface area contributed by atoms with Crippen LogP contribution in [0, 0.1) is 5.21 Å². The van der Waals surface area contributed by atoms with E-state index in [1.165, 1.54) is 27.9 Å². The number of hydroxylamine groups is 3. The molecule has 0 saturated carbocycles. The number of allylic oxidation sites excluding steroid dienone is 1. The second-order valence-corrected chi connectivity index (χ2v) is 8.57. The minimum atomic E-state index is -2.31.